The van der Waals surface area contributed by atoms with E-state index in [2.05, 4.69) is 0 Å². The molecule has 0 aromatic heterocycles. The summed E-state index contributed by atoms with van der Waals surface area (Å²) in [6.07, 6.45) is 2.75. The Hall–Kier alpha value is 3.63. The average molecular weight is 920 g/mol. The van der Waals surface area contributed by atoms with Crippen molar-refractivity contribution in [2.45, 2.75) is 25.7 Å². The summed E-state index contributed by atoms with van der Waals surface area (Å²) in [6, 6.07) is 0. The third-order valence-electron chi connectivity index (χ3n) is 4.99. The molecule has 20 heteroatoms. The molecule has 0 aliphatic carbocycles. The number of rotatable bonds is 37. The van der Waals surface area contributed by atoms with E-state index in [1.807, 2.05) is 35.3 Å². The highest BCUT2D eigenvalue weighted by atomic mass is 32.2. The van der Waals surface area contributed by atoms with Crippen LogP contribution in [0.25, 0.3) is 0 Å². The van der Waals surface area contributed by atoms with Gasteiger partial charge in [-0.1, -0.05) is 35.3 Å². The Morgan fingerprint density at radius 1 is 0.404 bits per heavy atom. The molecule has 0 radical (unpaired) electrons. The summed E-state index contributed by atoms with van der Waals surface area (Å²) < 4.78 is 12.2. The first kappa shape index (κ1) is 50.6. The van der Waals surface area contributed by atoms with Gasteiger partial charge in [-0.05, 0) is 12.2 Å². The number of hydrogen-bond acceptors (Lipinski definition) is 19. The minimum atomic E-state index is -0.757. The zero-order chi connectivity index (χ0) is 34.5. The first-order chi connectivity index (χ1) is 23.0. The van der Waals surface area contributed by atoms with Crippen LogP contribution in [-0.2, 0) is 25.2 Å². The number of carbonyl (C=O) groups is 3. The summed E-state index contributed by atoms with van der Waals surface area (Å²) in [5.41, 5.74) is 0. The van der Waals surface area contributed by atoms with Crippen molar-refractivity contribution in [1.29, 1.82) is 0 Å². The minimum Gasteiger partial charge on any atom is -0.386 e. The molecule has 1 unspecified atom stereocenters. The van der Waals surface area contributed by atoms with Crippen molar-refractivity contribution in [3.63, 3.8) is 0 Å². The monoisotopic (exact) mass is 918 g/mol. The van der Waals surface area contributed by atoms with Gasteiger partial charge in [0.1, 0.15) is 0 Å². The molecular weight excluding hydrogens is 869 g/mol. The summed E-state index contributed by atoms with van der Waals surface area (Å²) in [5, 5.41) is 22.6. The van der Waals surface area contributed by atoms with Gasteiger partial charge in [0.25, 0.3) is 0 Å². The molecule has 47 heavy (non-hydrogen) atoms. The van der Waals surface area contributed by atoms with Gasteiger partial charge in [-0.2, -0.15) is 70.6 Å². The topological polar surface area (TPSA) is 109 Å². The Balaban J connectivity index is 3.36. The van der Waals surface area contributed by atoms with Gasteiger partial charge in [0, 0.05) is 125 Å². The molecule has 6 nitrogen and oxygen atoms in total. The fourth-order valence-corrected chi connectivity index (χ4v) is 17.3. The summed E-state index contributed by atoms with van der Waals surface area (Å²) in [6.45, 7) is 0. The van der Waals surface area contributed by atoms with E-state index in [1.165, 1.54) is 58.8 Å². The molecule has 0 saturated carbocycles. The summed E-state index contributed by atoms with van der Waals surface area (Å²) >= 11 is 21.6. The van der Waals surface area contributed by atoms with Gasteiger partial charge in [0.05, 0.1) is 11.9 Å². The van der Waals surface area contributed by atoms with Crippen LogP contribution in [0.2, 0.25) is 0 Å². The van der Waals surface area contributed by atoms with E-state index in [1.54, 1.807) is 58.8 Å². The van der Waals surface area contributed by atoms with Crippen molar-refractivity contribution >= 4 is 179 Å². The number of aliphatic hydroxyl groups excluding tert-OH is 2. The molecule has 0 aromatic rings. The molecule has 2 N–H and O–H groups in total. The van der Waals surface area contributed by atoms with E-state index >= 15 is 0 Å². The predicted molar refractivity (Wildman–Crippen MR) is 242 cm³/mol. The predicted octanol–water partition coefficient (Wildman–Crippen LogP) is 8.09. The fraction of sp³-hybridized carbons (Fsp3) is 0.889. The molecule has 0 bridgehead atoms. The van der Waals surface area contributed by atoms with Crippen molar-refractivity contribution in [2.75, 3.05) is 112 Å². The Morgan fingerprint density at radius 3 is 1.30 bits per heavy atom. The van der Waals surface area contributed by atoms with E-state index in [9.17, 15) is 18.6 Å². The molecule has 0 heterocycles. The van der Waals surface area contributed by atoms with Gasteiger partial charge >= 0.3 is 0 Å². The summed E-state index contributed by atoms with van der Waals surface area (Å²) in [5.74, 6) is 11.8. The first-order valence-electron chi connectivity index (χ1n) is 14.8. The second-order valence-corrected chi connectivity index (χ2v) is 26.4. The Bertz CT molecular complexity index is 771. The van der Waals surface area contributed by atoms with E-state index < -0.39 is 10.8 Å². The summed E-state index contributed by atoms with van der Waals surface area (Å²) in [4.78, 5) is 35.8. The third kappa shape index (κ3) is 42.2. The van der Waals surface area contributed by atoms with Gasteiger partial charge < -0.3 is 10.2 Å². The maximum absolute atomic E-state index is 12.2. The van der Waals surface area contributed by atoms with E-state index in [-0.39, 0.29) is 27.2 Å². The molecule has 0 aromatic carbocycles. The zero-order valence-electron chi connectivity index (χ0n) is 26.7. The molecule has 278 valence electrons. The van der Waals surface area contributed by atoms with Gasteiger partial charge in [0.15, 0.2) is 15.3 Å². The number of hydrogen-bond donors (Lipinski definition) is 2. The van der Waals surface area contributed by atoms with Crippen LogP contribution in [0.4, 0.5) is 0 Å². The fourth-order valence-electron chi connectivity index (χ4n) is 2.70. The highest BCUT2D eigenvalue weighted by molar-refractivity contribution is 8.24. The molecule has 0 rings (SSSR count). The van der Waals surface area contributed by atoms with Gasteiger partial charge in [-0.3, -0.25) is 18.6 Å². The molecule has 0 saturated heterocycles. The van der Waals surface area contributed by atoms with Crippen molar-refractivity contribution in [3.8, 4) is 0 Å². The van der Waals surface area contributed by atoms with Crippen LogP contribution in [-0.4, -0.2) is 142 Å². The van der Waals surface area contributed by atoms with Gasteiger partial charge in [-0.15, -0.1) is 47.0 Å². The highest BCUT2D eigenvalue weighted by Gasteiger charge is 2.06. The van der Waals surface area contributed by atoms with Crippen LogP contribution in [0.3, 0.4) is 0 Å². The minimum absolute atomic E-state index is 0.158. The van der Waals surface area contributed by atoms with Crippen LogP contribution < -0.4 is 0 Å². The Morgan fingerprint density at radius 2 is 0.787 bits per heavy atom. The van der Waals surface area contributed by atoms with E-state index in [0.29, 0.717) is 19.3 Å². The molecule has 0 spiro atoms. The lowest BCUT2D eigenvalue weighted by molar-refractivity contribution is -0.111. The highest BCUT2D eigenvalue weighted by Crippen LogP contribution is 2.22. The Kier molecular flexibility index (Phi) is 45.6. The van der Waals surface area contributed by atoms with Crippen molar-refractivity contribution in [1.82, 2.24) is 0 Å². The maximum atomic E-state index is 12.2. The van der Waals surface area contributed by atoms with Gasteiger partial charge in [-0.25, -0.2) is 0 Å². The lowest BCUT2D eigenvalue weighted by Crippen LogP contribution is -2.06. The Labute approximate surface area is 341 Å². The number of thioether (sulfide) groups is 13. The van der Waals surface area contributed by atoms with Crippen LogP contribution in [0, 0.1) is 0 Å². The van der Waals surface area contributed by atoms with E-state index in [4.69, 9.17) is 10.2 Å². The van der Waals surface area contributed by atoms with Crippen LogP contribution in [0.1, 0.15) is 25.7 Å². The van der Waals surface area contributed by atoms with Crippen molar-refractivity contribution in [2.24, 2.45) is 0 Å². The number of carbonyl (C=O) groups excluding carboxylic acids is 3. The van der Waals surface area contributed by atoms with Crippen molar-refractivity contribution < 1.29 is 28.8 Å². The lowest BCUT2D eigenvalue weighted by atomic mass is 10.5. The molecule has 1 atom stereocenters. The smallest absolute Gasteiger partial charge is 0.190 e. The summed E-state index contributed by atoms with van der Waals surface area (Å²) in [7, 11) is -0.757. The normalized spacial score (nSPS) is 12.0. The molecular formula is C27H50O6S14. The molecule has 0 fully saturated rings. The van der Waals surface area contributed by atoms with Crippen LogP contribution in [0.15, 0.2) is 0 Å². The third-order valence-corrected chi connectivity index (χ3v) is 21.1. The SMILES string of the molecule is O=C(CCSCSCCC(=O)SCSCCSCO)SCCSCSCCS(=O)CCCSCSCCC(=O)SCSCCSCO. The second-order valence-electron chi connectivity index (χ2n) is 8.63. The van der Waals surface area contributed by atoms with Gasteiger partial charge in [0.2, 0.25) is 0 Å². The largest absolute Gasteiger partial charge is 0.386 e. The average Bonchev–Trinajstić information content (AvgIpc) is 3.06. The second kappa shape index (κ2) is 42.4. The number of aliphatic hydroxyl groups is 2. The van der Waals surface area contributed by atoms with Crippen LogP contribution >= 0.6 is 153 Å². The molecule has 0 amide bonds. The lowest BCUT2D eigenvalue weighted by Gasteiger charge is -2.05. The van der Waals surface area contributed by atoms with Crippen molar-refractivity contribution in [3.05, 3.63) is 0 Å². The molecule has 0 aliphatic heterocycles. The quantitative estimate of drug-likeness (QED) is 0.0463. The van der Waals surface area contributed by atoms with E-state index in [0.717, 1.165) is 107 Å². The maximum Gasteiger partial charge on any atom is 0.190 e. The standard InChI is InChI=1S/C27H50O6S14/c28-18-34-9-11-41-23-45-26(31)3-7-37-20-36-5-1-16-47(33)17-15-43-22-40-13-14-44-25(30)2-6-38-21-39-8-4-27(32)46-24-42-12-10-35-19-29/h28-29H,1-24H2. The van der Waals surface area contributed by atoms with Crippen LogP contribution in [0.5, 0.6) is 0 Å². The zero-order valence-corrected chi connectivity index (χ0v) is 38.1. The molecule has 0 aliphatic rings. The first-order valence-corrected chi connectivity index (χ1v) is 30.8.